The minimum Gasteiger partial charge on any atom is -0.326 e. The van der Waals surface area contributed by atoms with Gasteiger partial charge in [-0.2, -0.15) is 0 Å². The van der Waals surface area contributed by atoms with Gasteiger partial charge in [0.2, 0.25) is 11.7 Å². The summed E-state index contributed by atoms with van der Waals surface area (Å²) in [6.45, 7) is 3.06. The zero-order valence-electron chi connectivity index (χ0n) is 10.5. The first-order chi connectivity index (χ1) is 8.97. The number of carbonyl (C=O) groups is 2. The fraction of sp³-hybridized carbons (Fsp3) is 0.154. The number of aromatic amines is 2. The van der Waals surface area contributed by atoms with Crippen LogP contribution < -0.4 is 11.0 Å². The van der Waals surface area contributed by atoms with Crippen LogP contribution >= 0.6 is 0 Å². The van der Waals surface area contributed by atoms with E-state index in [0.29, 0.717) is 16.9 Å². The first-order valence-corrected chi connectivity index (χ1v) is 5.68. The van der Waals surface area contributed by atoms with E-state index in [1.165, 1.54) is 6.92 Å². The molecular formula is C13H13N3O3. The Labute approximate surface area is 108 Å². The van der Waals surface area contributed by atoms with Gasteiger partial charge in [-0.25, -0.2) is 4.79 Å². The summed E-state index contributed by atoms with van der Waals surface area (Å²) in [4.78, 5) is 39.1. The average molecular weight is 259 g/mol. The van der Waals surface area contributed by atoms with E-state index in [2.05, 4.69) is 15.3 Å². The number of H-pyrrole nitrogens is 2. The number of hydrogen-bond acceptors (Lipinski definition) is 3. The molecule has 0 fully saturated rings. The average Bonchev–Trinajstić information content (AvgIpc) is 2.68. The lowest BCUT2D eigenvalue weighted by atomic mass is 10.1. The standard InChI is InChI=1S/C13H13N3O3/c1-7-11(16-13(19)14-7)12(18)9-3-5-10(6-4-9)15-8(2)17/h3-6H,1-2H3,(H,15,17)(H2,14,16,19). The Morgan fingerprint density at radius 2 is 1.74 bits per heavy atom. The highest BCUT2D eigenvalue weighted by Crippen LogP contribution is 2.13. The number of amides is 1. The topological polar surface area (TPSA) is 94.8 Å². The number of carbonyl (C=O) groups excluding carboxylic acids is 2. The molecule has 6 heteroatoms. The van der Waals surface area contributed by atoms with Gasteiger partial charge in [0.25, 0.3) is 0 Å². The molecule has 1 heterocycles. The highest BCUT2D eigenvalue weighted by Gasteiger charge is 2.14. The Kier molecular flexibility index (Phi) is 3.33. The van der Waals surface area contributed by atoms with Gasteiger partial charge in [0, 0.05) is 23.9 Å². The highest BCUT2D eigenvalue weighted by atomic mass is 16.2. The van der Waals surface area contributed by atoms with Crippen molar-refractivity contribution in [1.82, 2.24) is 9.97 Å². The van der Waals surface area contributed by atoms with Gasteiger partial charge < -0.3 is 15.3 Å². The Hall–Kier alpha value is -2.63. The minimum absolute atomic E-state index is 0.176. The number of rotatable bonds is 3. The van der Waals surface area contributed by atoms with Gasteiger partial charge in [0.15, 0.2) is 0 Å². The molecule has 2 rings (SSSR count). The molecule has 1 aromatic heterocycles. The summed E-state index contributed by atoms with van der Waals surface area (Å²) in [7, 11) is 0. The van der Waals surface area contributed by atoms with Crippen molar-refractivity contribution >= 4 is 17.4 Å². The molecule has 1 aromatic carbocycles. The number of nitrogens with one attached hydrogen (secondary N) is 3. The molecule has 6 nitrogen and oxygen atoms in total. The highest BCUT2D eigenvalue weighted by molar-refractivity contribution is 6.08. The van der Waals surface area contributed by atoms with E-state index in [4.69, 9.17) is 0 Å². The number of aromatic nitrogens is 2. The summed E-state index contributed by atoms with van der Waals surface area (Å²) in [6, 6.07) is 6.46. The van der Waals surface area contributed by atoms with E-state index < -0.39 is 5.69 Å². The number of aryl methyl sites for hydroxylation is 1. The van der Waals surface area contributed by atoms with E-state index in [-0.39, 0.29) is 17.4 Å². The predicted octanol–water partition coefficient (Wildman–Crippen LogP) is 1.20. The molecule has 0 bridgehead atoms. The molecule has 1 amide bonds. The molecule has 0 saturated heterocycles. The second-order valence-electron chi connectivity index (χ2n) is 4.17. The molecule has 0 aliphatic carbocycles. The van der Waals surface area contributed by atoms with Crippen LogP contribution in [0, 0.1) is 6.92 Å². The van der Waals surface area contributed by atoms with Crippen molar-refractivity contribution in [2.45, 2.75) is 13.8 Å². The third-order valence-corrected chi connectivity index (χ3v) is 2.61. The molecule has 0 saturated carbocycles. The second kappa shape index (κ2) is 4.93. The molecule has 19 heavy (non-hydrogen) atoms. The summed E-state index contributed by atoms with van der Waals surface area (Å²) < 4.78 is 0. The smallest absolute Gasteiger partial charge is 0.323 e. The first kappa shape index (κ1) is 12.8. The van der Waals surface area contributed by atoms with Crippen LogP contribution in [0.1, 0.15) is 28.7 Å². The van der Waals surface area contributed by atoms with E-state index >= 15 is 0 Å². The van der Waals surface area contributed by atoms with Crippen molar-refractivity contribution in [3.05, 3.63) is 51.7 Å². The summed E-state index contributed by atoms with van der Waals surface area (Å²) in [5.41, 5.74) is 1.39. The zero-order chi connectivity index (χ0) is 14.0. The summed E-state index contributed by atoms with van der Waals surface area (Å²) in [5, 5.41) is 2.61. The van der Waals surface area contributed by atoms with Crippen LogP contribution in [-0.4, -0.2) is 21.7 Å². The van der Waals surface area contributed by atoms with Crippen molar-refractivity contribution in [2.75, 3.05) is 5.32 Å². The predicted molar refractivity (Wildman–Crippen MR) is 70.3 cm³/mol. The lowest BCUT2D eigenvalue weighted by Gasteiger charge is -2.03. The monoisotopic (exact) mass is 259 g/mol. The molecule has 0 aliphatic heterocycles. The fourth-order valence-corrected chi connectivity index (χ4v) is 1.75. The number of benzene rings is 1. The number of anilines is 1. The van der Waals surface area contributed by atoms with Crippen LogP contribution in [0.2, 0.25) is 0 Å². The van der Waals surface area contributed by atoms with Gasteiger partial charge >= 0.3 is 5.69 Å². The summed E-state index contributed by atoms with van der Waals surface area (Å²) >= 11 is 0. The molecule has 0 radical (unpaired) electrons. The van der Waals surface area contributed by atoms with Crippen molar-refractivity contribution in [3.8, 4) is 0 Å². The number of imidazole rings is 1. The van der Waals surface area contributed by atoms with Crippen LogP contribution in [-0.2, 0) is 4.79 Å². The summed E-state index contributed by atoms with van der Waals surface area (Å²) in [6.07, 6.45) is 0. The molecule has 0 atom stereocenters. The van der Waals surface area contributed by atoms with Crippen LogP contribution in [0.5, 0.6) is 0 Å². The largest absolute Gasteiger partial charge is 0.326 e. The van der Waals surface area contributed by atoms with E-state index in [0.717, 1.165) is 0 Å². The Balaban J connectivity index is 2.27. The molecule has 0 spiro atoms. The lowest BCUT2D eigenvalue weighted by Crippen LogP contribution is -2.08. The van der Waals surface area contributed by atoms with Crippen LogP contribution in [0.25, 0.3) is 0 Å². The Bertz CT molecular complexity index is 680. The van der Waals surface area contributed by atoms with Crippen molar-refractivity contribution < 1.29 is 9.59 Å². The lowest BCUT2D eigenvalue weighted by molar-refractivity contribution is -0.114. The maximum atomic E-state index is 12.1. The van der Waals surface area contributed by atoms with Crippen LogP contribution in [0.15, 0.2) is 29.1 Å². The van der Waals surface area contributed by atoms with Crippen molar-refractivity contribution in [2.24, 2.45) is 0 Å². The SMILES string of the molecule is CC(=O)Nc1ccc(C(=O)c2[nH]c(=O)[nH]c2C)cc1. The van der Waals surface area contributed by atoms with Crippen molar-refractivity contribution in [1.29, 1.82) is 0 Å². The van der Waals surface area contributed by atoms with Crippen molar-refractivity contribution in [3.63, 3.8) is 0 Å². The second-order valence-corrected chi connectivity index (χ2v) is 4.17. The van der Waals surface area contributed by atoms with Crippen LogP contribution in [0.3, 0.4) is 0 Å². The third kappa shape index (κ3) is 2.79. The zero-order valence-corrected chi connectivity index (χ0v) is 10.5. The van der Waals surface area contributed by atoms with E-state index in [9.17, 15) is 14.4 Å². The molecule has 0 aliphatic rings. The third-order valence-electron chi connectivity index (χ3n) is 2.61. The Morgan fingerprint density at radius 3 is 2.21 bits per heavy atom. The number of hydrogen-bond donors (Lipinski definition) is 3. The van der Waals surface area contributed by atoms with E-state index in [1.54, 1.807) is 31.2 Å². The molecule has 2 aromatic rings. The fourth-order valence-electron chi connectivity index (χ4n) is 1.75. The summed E-state index contributed by atoms with van der Waals surface area (Å²) in [5.74, 6) is -0.449. The van der Waals surface area contributed by atoms with Gasteiger partial charge in [0.1, 0.15) is 5.69 Å². The number of ketones is 1. The maximum absolute atomic E-state index is 12.1. The minimum atomic E-state index is -0.407. The van der Waals surface area contributed by atoms with Gasteiger partial charge in [-0.3, -0.25) is 9.59 Å². The quantitative estimate of drug-likeness (QED) is 0.723. The molecule has 3 N–H and O–H groups in total. The maximum Gasteiger partial charge on any atom is 0.323 e. The van der Waals surface area contributed by atoms with Gasteiger partial charge in [-0.05, 0) is 31.2 Å². The molecule has 0 unspecified atom stereocenters. The normalized spacial score (nSPS) is 10.2. The first-order valence-electron chi connectivity index (χ1n) is 5.68. The van der Waals surface area contributed by atoms with Gasteiger partial charge in [-0.15, -0.1) is 0 Å². The Morgan fingerprint density at radius 1 is 1.11 bits per heavy atom. The van der Waals surface area contributed by atoms with Gasteiger partial charge in [-0.1, -0.05) is 0 Å². The van der Waals surface area contributed by atoms with Gasteiger partial charge in [0.05, 0.1) is 0 Å². The van der Waals surface area contributed by atoms with Crippen LogP contribution in [0.4, 0.5) is 5.69 Å². The van der Waals surface area contributed by atoms with E-state index in [1.807, 2.05) is 0 Å². The molecular weight excluding hydrogens is 246 g/mol. The molecule has 98 valence electrons.